The molecule has 0 radical (unpaired) electrons. The van der Waals surface area contributed by atoms with Gasteiger partial charge in [-0.25, -0.2) is 0 Å². The van der Waals surface area contributed by atoms with Gasteiger partial charge in [0.15, 0.2) is 11.5 Å². The van der Waals surface area contributed by atoms with Gasteiger partial charge in [-0.05, 0) is 29.8 Å². The Labute approximate surface area is 168 Å². The summed E-state index contributed by atoms with van der Waals surface area (Å²) in [6, 6.07) is 11.1. The van der Waals surface area contributed by atoms with Crippen molar-refractivity contribution in [2.75, 3.05) is 33.4 Å². The lowest BCUT2D eigenvalue weighted by Crippen LogP contribution is -2.40. The van der Waals surface area contributed by atoms with E-state index in [9.17, 15) is 0 Å². The molecule has 138 valence electrons. The van der Waals surface area contributed by atoms with Gasteiger partial charge in [0.1, 0.15) is 11.6 Å². The first-order chi connectivity index (χ1) is 12.6. The molecule has 0 N–H and O–H groups in total. The fourth-order valence-corrected chi connectivity index (χ4v) is 3.36. The lowest BCUT2D eigenvalue weighted by atomic mass is 10.1. The Bertz CT molecular complexity index is 777. The van der Waals surface area contributed by atoms with Crippen LogP contribution < -0.4 is 9.47 Å². The van der Waals surface area contributed by atoms with Gasteiger partial charge in [0, 0.05) is 23.7 Å². The van der Waals surface area contributed by atoms with Crippen LogP contribution in [0.5, 0.6) is 11.5 Å². The van der Waals surface area contributed by atoms with Crippen LogP contribution in [-0.4, -0.2) is 43.3 Å². The summed E-state index contributed by atoms with van der Waals surface area (Å²) in [5, 5.41) is 1.15. The van der Waals surface area contributed by atoms with Gasteiger partial charge in [0.2, 0.25) is 0 Å². The van der Waals surface area contributed by atoms with Crippen LogP contribution in [0.15, 0.2) is 36.4 Å². The number of morpholine rings is 1. The summed E-state index contributed by atoms with van der Waals surface area (Å²) in [5.41, 5.74) is 1.82. The average molecular weight is 412 g/mol. The van der Waals surface area contributed by atoms with Gasteiger partial charge in [0.25, 0.3) is 0 Å². The molecule has 1 aliphatic rings. The van der Waals surface area contributed by atoms with Crippen molar-refractivity contribution in [3.8, 4) is 11.5 Å². The van der Waals surface area contributed by atoms with Crippen molar-refractivity contribution in [1.82, 2.24) is 4.90 Å². The first-order valence-corrected chi connectivity index (χ1v) is 9.36. The molecule has 0 bridgehead atoms. The molecule has 2 aromatic rings. The first-order valence-electron chi connectivity index (χ1n) is 8.20. The first kappa shape index (κ1) is 19.2. The van der Waals surface area contributed by atoms with E-state index in [0.717, 1.165) is 29.2 Å². The Morgan fingerprint density at radius 1 is 1.15 bits per heavy atom. The summed E-state index contributed by atoms with van der Waals surface area (Å²) in [7, 11) is 1.59. The number of thiocarbonyl (C=S) groups is 1. The minimum absolute atomic E-state index is 0.362. The van der Waals surface area contributed by atoms with Crippen molar-refractivity contribution in [3.63, 3.8) is 0 Å². The Hall–Kier alpha value is -1.53. The van der Waals surface area contributed by atoms with Gasteiger partial charge in [-0.3, -0.25) is 0 Å². The molecule has 0 aromatic heterocycles. The third-order valence-corrected chi connectivity index (χ3v) is 5.10. The molecule has 1 saturated heterocycles. The molecule has 2 aromatic carbocycles. The molecule has 0 atom stereocenters. The summed E-state index contributed by atoms with van der Waals surface area (Å²) in [6.45, 7) is 3.25. The summed E-state index contributed by atoms with van der Waals surface area (Å²) >= 11 is 18.0. The van der Waals surface area contributed by atoms with Gasteiger partial charge in [0.05, 0.1) is 25.3 Å². The SMILES string of the molecule is COc1cc(C(=S)N2CCOCC2)cc(Cl)c1OCc1ccc(Cl)cc1. The van der Waals surface area contributed by atoms with Crippen molar-refractivity contribution >= 4 is 40.4 Å². The van der Waals surface area contributed by atoms with E-state index in [-0.39, 0.29) is 0 Å². The van der Waals surface area contributed by atoms with E-state index in [1.165, 1.54) is 0 Å². The second-order valence-corrected chi connectivity index (χ2v) is 7.04. The lowest BCUT2D eigenvalue weighted by molar-refractivity contribution is 0.0693. The summed E-state index contributed by atoms with van der Waals surface area (Å²) in [5.74, 6) is 1.05. The Morgan fingerprint density at radius 3 is 2.50 bits per heavy atom. The highest BCUT2D eigenvalue weighted by molar-refractivity contribution is 7.80. The van der Waals surface area contributed by atoms with E-state index in [1.807, 2.05) is 36.4 Å². The summed E-state index contributed by atoms with van der Waals surface area (Å²) < 4.78 is 16.7. The third kappa shape index (κ3) is 4.60. The van der Waals surface area contributed by atoms with Crippen LogP contribution in [0, 0.1) is 0 Å². The number of methoxy groups -OCH3 is 1. The van der Waals surface area contributed by atoms with E-state index < -0.39 is 0 Å². The molecule has 26 heavy (non-hydrogen) atoms. The van der Waals surface area contributed by atoms with E-state index in [0.29, 0.717) is 41.4 Å². The van der Waals surface area contributed by atoms with Crippen molar-refractivity contribution in [2.45, 2.75) is 6.61 Å². The molecule has 0 spiro atoms. The molecule has 1 fully saturated rings. The van der Waals surface area contributed by atoms with Crippen LogP contribution >= 0.6 is 35.4 Å². The second-order valence-electron chi connectivity index (χ2n) is 5.81. The molecule has 4 nitrogen and oxygen atoms in total. The van der Waals surface area contributed by atoms with Gasteiger partial charge in [-0.1, -0.05) is 47.6 Å². The quantitative estimate of drug-likeness (QED) is 0.671. The molecule has 0 saturated carbocycles. The van der Waals surface area contributed by atoms with Crippen LogP contribution in [0.3, 0.4) is 0 Å². The van der Waals surface area contributed by atoms with Crippen LogP contribution in [0.1, 0.15) is 11.1 Å². The van der Waals surface area contributed by atoms with Crippen LogP contribution in [-0.2, 0) is 11.3 Å². The van der Waals surface area contributed by atoms with E-state index >= 15 is 0 Å². The molecule has 0 aliphatic carbocycles. The highest BCUT2D eigenvalue weighted by Gasteiger charge is 2.19. The summed E-state index contributed by atoms with van der Waals surface area (Å²) in [4.78, 5) is 2.84. The van der Waals surface area contributed by atoms with Crippen molar-refractivity contribution in [3.05, 3.63) is 57.6 Å². The minimum atomic E-state index is 0.362. The number of halogens is 2. The fraction of sp³-hybridized carbons (Fsp3) is 0.316. The molecular weight excluding hydrogens is 393 g/mol. The Balaban J connectivity index is 1.78. The van der Waals surface area contributed by atoms with Gasteiger partial charge < -0.3 is 19.1 Å². The highest BCUT2D eigenvalue weighted by atomic mass is 35.5. The highest BCUT2D eigenvalue weighted by Crippen LogP contribution is 2.37. The maximum atomic E-state index is 6.46. The van der Waals surface area contributed by atoms with Crippen LogP contribution in [0.4, 0.5) is 0 Å². The number of rotatable bonds is 5. The third-order valence-electron chi connectivity index (χ3n) is 4.07. The topological polar surface area (TPSA) is 30.9 Å². The number of ether oxygens (including phenoxy) is 3. The molecule has 7 heteroatoms. The van der Waals surface area contributed by atoms with E-state index in [2.05, 4.69) is 4.90 Å². The zero-order valence-electron chi connectivity index (χ0n) is 14.3. The van der Waals surface area contributed by atoms with Crippen molar-refractivity contribution in [1.29, 1.82) is 0 Å². The molecule has 1 heterocycles. The maximum absolute atomic E-state index is 6.46. The van der Waals surface area contributed by atoms with E-state index in [4.69, 9.17) is 49.6 Å². The van der Waals surface area contributed by atoms with Crippen molar-refractivity contribution < 1.29 is 14.2 Å². The maximum Gasteiger partial charge on any atom is 0.180 e. The predicted molar refractivity (Wildman–Crippen MR) is 108 cm³/mol. The summed E-state index contributed by atoms with van der Waals surface area (Å²) in [6.07, 6.45) is 0. The van der Waals surface area contributed by atoms with Crippen LogP contribution in [0.2, 0.25) is 10.0 Å². The normalized spacial score (nSPS) is 14.2. The molecular formula is C19H19Cl2NO3S. The predicted octanol–water partition coefficient (Wildman–Crippen LogP) is 4.59. The Kier molecular flexibility index (Phi) is 6.59. The fourth-order valence-electron chi connectivity index (χ4n) is 2.67. The number of hydrogen-bond acceptors (Lipinski definition) is 4. The standard InChI is InChI=1S/C19H19Cl2NO3S/c1-23-17-11-14(19(26)22-6-8-24-9-7-22)10-16(21)18(17)25-12-13-2-4-15(20)5-3-13/h2-5,10-11H,6-9,12H2,1H3. The zero-order chi connectivity index (χ0) is 18.5. The number of nitrogens with zero attached hydrogens (tertiary/aromatic N) is 1. The van der Waals surface area contributed by atoms with Gasteiger partial charge >= 0.3 is 0 Å². The number of benzene rings is 2. The molecule has 0 amide bonds. The zero-order valence-corrected chi connectivity index (χ0v) is 16.7. The Morgan fingerprint density at radius 2 is 1.85 bits per heavy atom. The smallest absolute Gasteiger partial charge is 0.180 e. The monoisotopic (exact) mass is 411 g/mol. The number of hydrogen-bond donors (Lipinski definition) is 0. The molecule has 0 unspecified atom stereocenters. The molecule has 3 rings (SSSR count). The second kappa shape index (κ2) is 8.91. The lowest BCUT2D eigenvalue weighted by Gasteiger charge is -2.29. The molecule has 1 aliphatic heterocycles. The minimum Gasteiger partial charge on any atom is -0.493 e. The largest absolute Gasteiger partial charge is 0.493 e. The average Bonchev–Trinajstić information content (AvgIpc) is 2.68. The van der Waals surface area contributed by atoms with Crippen LogP contribution in [0.25, 0.3) is 0 Å². The van der Waals surface area contributed by atoms with E-state index in [1.54, 1.807) is 7.11 Å². The van der Waals surface area contributed by atoms with Crippen molar-refractivity contribution in [2.24, 2.45) is 0 Å². The van der Waals surface area contributed by atoms with Gasteiger partial charge in [-0.2, -0.15) is 0 Å². The van der Waals surface area contributed by atoms with Gasteiger partial charge in [-0.15, -0.1) is 0 Å².